The predicted molar refractivity (Wildman–Crippen MR) is 70.7 cm³/mol. The van der Waals surface area contributed by atoms with Crippen LogP contribution in [0.2, 0.25) is 5.02 Å². The lowest BCUT2D eigenvalue weighted by atomic mass is 10.2. The summed E-state index contributed by atoms with van der Waals surface area (Å²) in [4.78, 5) is 0. The molecule has 88 valence electrons. The fourth-order valence-electron chi connectivity index (χ4n) is 1.49. The Labute approximate surface area is 104 Å². The molecule has 2 N–H and O–H groups in total. The second-order valence-electron chi connectivity index (χ2n) is 3.58. The molecule has 0 radical (unpaired) electrons. The van der Waals surface area contributed by atoms with Gasteiger partial charge in [-0.05, 0) is 36.4 Å². The van der Waals surface area contributed by atoms with Crippen LogP contribution < -0.4 is 10.6 Å². The Hall–Kier alpha value is -1.74. The van der Waals surface area contributed by atoms with Gasteiger partial charge in [0.15, 0.2) is 0 Å². The monoisotopic (exact) mass is 250 g/mol. The predicted octanol–water partition coefficient (Wildman–Crippen LogP) is 4.26. The van der Waals surface area contributed by atoms with Crippen molar-refractivity contribution in [1.82, 2.24) is 0 Å². The third-order valence-corrected chi connectivity index (χ3v) is 2.65. The summed E-state index contributed by atoms with van der Waals surface area (Å²) in [5.74, 6) is -0.416. The highest BCUT2D eigenvalue weighted by atomic mass is 35.5. The van der Waals surface area contributed by atoms with E-state index in [0.29, 0.717) is 0 Å². The van der Waals surface area contributed by atoms with E-state index in [4.69, 9.17) is 11.6 Å². The van der Waals surface area contributed by atoms with Crippen LogP contribution in [0, 0.1) is 5.82 Å². The van der Waals surface area contributed by atoms with Gasteiger partial charge in [0.2, 0.25) is 0 Å². The van der Waals surface area contributed by atoms with Crippen LogP contribution in [0.4, 0.5) is 21.5 Å². The molecule has 0 fully saturated rings. The molecule has 0 saturated carbocycles. The summed E-state index contributed by atoms with van der Waals surface area (Å²) in [5, 5.41) is 6.31. The Morgan fingerprint density at radius 1 is 1.00 bits per heavy atom. The van der Waals surface area contributed by atoms with Gasteiger partial charge in [-0.3, -0.25) is 0 Å². The van der Waals surface area contributed by atoms with Gasteiger partial charge in [-0.15, -0.1) is 0 Å². The third-order valence-electron chi connectivity index (χ3n) is 2.36. The minimum atomic E-state index is -0.416. The summed E-state index contributed by atoms with van der Waals surface area (Å²) in [5.41, 5.74) is 2.67. The number of rotatable bonds is 3. The molecule has 17 heavy (non-hydrogen) atoms. The van der Waals surface area contributed by atoms with Crippen LogP contribution in [-0.2, 0) is 0 Å². The zero-order valence-corrected chi connectivity index (χ0v) is 10.1. The van der Waals surface area contributed by atoms with Crippen molar-refractivity contribution in [3.8, 4) is 0 Å². The van der Waals surface area contributed by atoms with Gasteiger partial charge in [0.05, 0.1) is 5.02 Å². The second-order valence-corrected chi connectivity index (χ2v) is 3.99. The molecule has 0 aliphatic heterocycles. The molecule has 0 atom stereocenters. The first kappa shape index (κ1) is 11.7. The van der Waals surface area contributed by atoms with Gasteiger partial charge in [0.1, 0.15) is 5.82 Å². The van der Waals surface area contributed by atoms with Crippen LogP contribution in [-0.4, -0.2) is 7.05 Å². The molecule has 0 amide bonds. The zero-order chi connectivity index (χ0) is 12.3. The van der Waals surface area contributed by atoms with E-state index in [2.05, 4.69) is 10.6 Å². The highest BCUT2D eigenvalue weighted by Crippen LogP contribution is 2.24. The van der Waals surface area contributed by atoms with E-state index in [9.17, 15) is 4.39 Å². The lowest BCUT2D eigenvalue weighted by Crippen LogP contribution is -1.93. The Morgan fingerprint density at radius 3 is 2.41 bits per heavy atom. The molecule has 0 aliphatic rings. The maximum absolute atomic E-state index is 13.0. The number of hydrogen-bond acceptors (Lipinski definition) is 2. The molecule has 2 aromatic carbocycles. The maximum Gasteiger partial charge on any atom is 0.141 e. The second kappa shape index (κ2) is 5.06. The van der Waals surface area contributed by atoms with E-state index < -0.39 is 5.82 Å². The van der Waals surface area contributed by atoms with Crippen molar-refractivity contribution in [3.05, 3.63) is 53.3 Å². The van der Waals surface area contributed by atoms with Crippen LogP contribution in [0.3, 0.4) is 0 Å². The molecule has 0 heterocycles. The first-order chi connectivity index (χ1) is 8.19. The van der Waals surface area contributed by atoms with Crippen LogP contribution in [0.25, 0.3) is 0 Å². The average molecular weight is 251 g/mol. The van der Waals surface area contributed by atoms with Crippen molar-refractivity contribution < 1.29 is 4.39 Å². The van der Waals surface area contributed by atoms with Gasteiger partial charge in [-0.1, -0.05) is 17.7 Å². The van der Waals surface area contributed by atoms with E-state index in [1.807, 2.05) is 31.3 Å². The van der Waals surface area contributed by atoms with Gasteiger partial charge in [-0.2, -0.15) is 0 Å². The smallest absolute Gasteiger partial charge is 0.141 e. The quantitative estimate of drug-likeness (QED) is 0.850. The number of anilines is 3. The Morgan fingerprint density at radius 2 is 1.71 bits per heavy atom. The standard InChI is InChI=1S/C13H12ClFN2/c1-16-9-3-2-4-10(7-9)17-11-5-6-13(15)12(14)8-11/h2-8,16-17H,1H3. The normalized spacial score (nSPS) is 10.1. The van der Waals surface area contributed by atoms with Crippen LogP contribution >= 0.6 is 11.6 Å². The highest BCUT2D eigenvalue weighted by Gasteiger charge is 2.01. The Bertz CT molecular complexity index is 529. The molecule has 0 spiro atoms. The van der Waals surface area contributed by atoms with E-state index in [1.165, 1.54) is 6.07 Å². The highest BCUT2D eigenvalue weighted by molar-refractivity contribution is 6.31. The van der Waals surface area contributed by atoms with E-state index in [0.717, 1.165) is 17.1 Å². The SMILES string of the molecule is CNc1cccc(Nc2ccc(F)c(Cl)c2)c1. The fraction of sp³-hybridized carbons (Fsp3) is 0.0769. The topological polar surface area (TPSA) is 24.1 Å². The van der Waals surface area contributed by atoms with E-state index in [-0.39, 0.29) is 5.02 Å². The van der Waals surface area contributed by atoms with Crippen LogP contribution in [0.1, 0.15) is 0 Å². The van der Waals surface area contributed by atoms with Crippen molar-refractivity contribution >= 4 is 28.7 Å². The summed E-state index contributed by atoms with van der Waals surface area (Å²) in [7, 11) is 1.86. The molecule has 2 nitrogen and oxygen atoms in total. The first-order valence-corrected chi connectivity index (χ1v) is 5.57. The summed E-state index contributed by atoms with van der Waals surface area (Å²) in [6, 6.07) is 12.3. The number of halogens is 2. The average Bonchev–Trinajstić information content (AvgIpc) is 2.34. The summed E-state index contributed by atoms with van der Waals surface area (Å²) < 4.78 is 13.0. The lowest BCUT2D eigenvalue weighted by Gasteiger charge is -2.08. The summed E-state index contributed by atoms with van der Waals surface area (Å²) in [6.45, 7) is 0. The van der Waals surface area contributed by atoms with Gasteiger partial charge in [0.25, 0.3) is 0 Å². The number of benzene rings is 2. The molecular weight excluding hydrogens is 239 g/mol. The van der Waals surface area contributed by atoms with Crippen molar-refractivity contribution in [2.45, 2.75) is 0 Å². The number of hydrogen-bond donors (Lipinski definition) is 2. The molecule has 0 saturated heterocycles. The van der Waals surface area contributed by atoms with Gasteiger partial charge in [0, 0.05) is 24.1 Å². The van der Waals surface area contributed by atoms with Gasteiger partial charge in [-0.25, -0.2) is 4.39 Å². The molecule has 2 rings (SSSR count). The molecule has 0 unspecified atom stereocenters. The van der Waals surface area contributed by atoms with Crippen LogP contribution in [0.15, 0.2) is 42.5 Å². The molecule has 0 aliphatic carbocycles. The molecule has 2 aromatic rings. The number of nitrogens with one attached hydrogen (secondary N) is 2. The van der Waals surface area contributed by atoms with Crippen LogP contribution in [0.5, 0.6) is 0 Å². The van der Waals surface area contributed by atoms with Gasteiger partial charge < -0.3 is 10.6 Å². The first-order valence-electron chi connectivity index (χ1n) is 5.19. The van der Waals surface area contributed by atoms with Gasteiger partial charge >= 0.3 is 0 Å². The van der Waals surface area contributed by atoms with Crippen molar-refractivity contribution in [2.24, 2.45) is 0 Å². The Balaban J connectivity index is 2.22. The lowest BCUT2D eigenvalue weighted by molar-refractivity contribution is 0.628. The van der Waals surface area contributed by atoms with Crippen molar-refractivity contribution in [3.63, 3.8) is 0 Å². The van der Waals surface area contributed by atoms with E-state index >= 15 is 0 Å². The zero-order valence-electron chi connectivity index (χ0n) is 9.30. The molecule has 4 heteroatoms. The minimum absolute atomic E-state index is 0.111. The minimum Gasteiger partial charge on any atom is -0.388 e. The molecule has 0 bridgehead atoms. The molecule has 0 aromatic heterocycles. The van der Waals surface area contributed by atoms with Crippen molar-refractivity contribution in [1.29, 1.82) is 0 Å². The molecular formula is C13H12ClFN2. The third kappa shape index (κ3) is 2.88. The van der Waals surface area contributed by atoms with E-state index in [1.54, 1.807) is 12.1 Å². The largest absolute Gasteiger partial charge is 0.388 e. The Kier molecular flexibility index (Phi) is 3.49. The summed E-state index contributed by atoms with van der Waals surface area (Å²) >= 11 is 5.71. The summed E-state index contributed by atoms with van der Waals surface area (Å²) in [6.07, 6.45) is 0. The fourth-order valence-corrected chi connectivity index (χ4v) is 1.67. The maximum atomic E-state index is 13.0. The van der Waals surface area contributed by atoms with Crippen molar-refractivity contribution in [2.75, 3.05) is 17.7 Å².